The van der Waals surface area contributed by atoms with Gasteiger partial charge in [-0.15, -0.1) is 11.8 Å². The first-order valence-electron chi connectivity index (χ1n) is 13.1. The van der Waals surface area contributed by atoms with Crippen molar-refractivity contribution < 1.29 is 42.2 Å². The van der Waals surface area contributed by atoms with Crippen molar-refractivity contribution in [3.63, 3.8) is 0 Å². The molecular formula is C29H30ClF2NO7S. The van der Waals surface area contributed by atoms with Gasteiger partial charge in [0.15, 0.2) is 0 Å². The SMILES string of the molecule is CCOCCOC(=O)C1=C(C(=O)N(C(=O)c2cccc(F)c2)c2cc(SCC(=O)OCC)c(Cl)cc2F)CCCC1. The topological polar surface area (TPSA) is 99.2 Å². The minimum absolute atomic E-state index is 0.00232. The molecule has 0 heterocycles. The van der Waals surface area contributed by atoms with Crippen LogP contribution in [0.15, 0.2) is 52.4 Å². The lowest BCUT2D eigenvalue weighted by atomic mass is 9.90. The summed E-state index contributed by atoms with van der Waals surface area (Å²) >= 11 is 7.15. The lowest BCUT2D eigenvalue weighted by molar-refractivity contribution is -0.141. The largest absolute Gasteiger partial charge is 0.465 e. The van der Waals surface area contributed by atoms with E-state index in [0.717, 1.165) is 30.0 Å². The summed E-state index contributed by atoms with van der Waals surface area (Å²) in [6.07, 6.45) is 1.51. The fourth-order valence-corrected chi connectivity index (χ4v) is 5.19. The van der Waals surface area contributed by atoms with Crippen LogP contribution in [0.3, 0.4) is 0 Å². The van der Waals surface area contributed by atoms with E-state index in [4.69, 9.17) is 25.8 Å². The maximum absolute atomic E-state index is 15.5. The second kappa shape index (κ2) is 15.6. The number of ether oxygens (including phenoxy) is 3. The zero-order valence-electron chi connectivity index (χ0n) is 22.7. The maximum Gasteiger partial charge on any atom is 0.334 e. The van der Waals surface area contributed by atoms with Gasteiger partial charge in [0.1, 0.15) is 18.2 Å². The molecule has 3 rings (SSSR count). The quantitative estimate of drug-likeness (QED) is 0.127. The highest BCUT2D eigenvalue weighted by Gasteiger charge is 2.34. The average Bonchev–Trinajstić information content (AvgIpc) is 2.95. The van der Waals surface area contributed by atoms with Crippen molar-refractivity contribution >= 4 is 52.8 Å². The van der Waals surface area contributed by atoms with Crippen LogP contribution in [0.2, 0.25) is 5.02 Å². The normalized spacial score (nSPS) is 13.1. The molecule has 1 aliphatic rings. The minimum atomic E-state index is -1.01. The number of thioether (sulfide) groups is 1. The number of halogens is 3. The fraction of sp³-hybridized carbons (Fsp3) is 0.379. The van der Waals surface area contributed by atoms with Crippen LogP contribution < -0.4 is 4.90 Å². The molecule has 8 nitrogen and oxygen atoms in total. The number of esters is 2. The van der Waals surface area contributed by atoms with E-state index in [9.17, 15) is 23.6 Å². The summed E-state index contributed by atoms with van der Waals surface area (Å²) in [7, 11) is 0. The van der Waals surface area contributed by atoms with E-state index in [1.54, 1.807) is 13.8 Å². The predicted octanol–water partition coefficient (Wildman–Crippen LogP) is 5.90. The van der Waals surface area contributed by atoms with E-state index in [1.807, 2.05) is 0 Å². The van der Waals surface area contributed by atoms with Gasteiger partial charge < -0.3 is 14.2 Å². The van der Waals surface area contributed by atoms with Crippen LogP contribution in [0.5, 0.6) is 0 Å². The Kier molecular flexibility index (Phi) is 12.3. The molecule has 0 spiro atoms. The lowest BCUT2D eigenvalue weighted by Gasteiger charge is -2.26. The van der Waals surface area contributed by atoms with Crippen molar-refractivity contribution in [2.75, 3.05) is 37.1 Å². The molecule has 0 N–H and O–H groups in total. The Morgan fingerprint density at radius 1 is 0.927 bits per heavy atom. The van der Waals surface area contributed by atoms with Crippen molar-refractivity contribution in [2.24, 2.45) is 0 Å². The van der Waals surface area contributed by atoms with E-state index in [-0.39, 0.29) is 65.0 Å². The van der Waals surface area contributed by atoms with Gasteiger partial charge in [0.25, 0.3) is 11.8 Å². The van der Waals surface area contributed by atoms with E-state index in [2.05, 4.69) is 0 Å². The number of carbonyl (C=O) groups is 4. The van der Waals surface area contributed by atoms with Gasteiger partial charge in [0.05, 0.1) is 29.7 Å². The van der Waals surface area contributed by atoms with Crippen molar-refractivity contribution in [3.8, 4) is 0 Å². The number of hydrogen-bond donors (Lipinski definition) is 0. The number of carbonyl (C=O) groups excluding carboxylic acids is 4. The van der Waals surface area contributed by atoms with Gasteiger partial charge >= 0.3 is 11.9 Å². The molecule has 0 saturated carbocycles. The molecule has 1 aliphatic carbocycles. The summed E-state index contributed by atoms with van der Waals surface area (Å²) in [5, 5.41) is -0.0541. The third-order valence-electron chi connectivity index (χ3n) is 6.01. The second-order valence-corrected chi connectivity index (χ2v) is 10.2. The van der Waals surface area contributed by atoms with Crippen LogP contribution >= 0.6 is 23.4 Å². The van der Waals surface area contributed by atoms with Crippen LogP contribution in [0.25, 0.3) is 0 Å². The number of rotatable bonds is 12. The Morgan fingerprint density at radius 3 is 2.34 bits per heavy atom. The first-order valence-corrected chi connectivity index (χ1v) is 14.4. The first-order chi connectivity index (χ1) is 19.7. The molecule has 0 saturated heterocycles. The standard InChI is InChI=1S/C29H30ClF2NO7S/c1-3-38-12-13-40-29(37)21-11-6-5-10-20(21)28(36)33(27(35)18-8-7-9-19(31)14-18)24-16-25(22(30)15-23(24)32)41-17-26(34)39-4-2/h7-9,14-16H,3-6,10-13,17H2,1-2H3. The molecule has 2 aromatic rings. The molecule has 220 valence electrons. The molecule has 0 unspecified atom stereocenters. The highest BCUT2D eigenvalue weighted by Crippen LogP contribution is 2.36. The lowest BCUT2D eigenvalue weighted by Crippen LogP contribution is -2.40. The Bertz CT molecular complexity index is 1330. The first kappa shape index (κ1) is 32.2. The smallest absolute Gasteiger partial charge is 0.334 e. The van der Waals surface area contributed by atoms with Crippen molar-refractivity contribution in [1.82, 2.24) is 0 Å². The van der Waals surface area contributed by atoms with Gasteiger partial charge in [-0.05, 0) is 69.9 Å². The molecule has 0 aliphatic heterocycles. The Labute approximate surface area is 246 Å². The van der Waals surface area contributed by atoms with Gasteiger partial charge in [-0.2, -0.15) is 0 Å². The molecule has 41 heavy (non-hydrogen) atoms. The summed E-state index contributed by atoms with van der Waals surface area (Å²) in [5.41, 5.74) is -0.605. The maximum atomic E-state index is 15.5. The average molecular weight is 610 g/mol. The zero-order valence-corrected chi connectivity index (χ0v) is 24.2. The monoisotopic (exact) mass is 609 g/mol. The van der Waals surface area contributed by atoms with Gasteiger partial charge in [0.2, 0.25) is 0 Å². The van der Waals surface area contributed by atoms with Gasteiger partial charge in [0, 0.05) is 28.2 Å². The summed E-state index contributed by atoms with van der Waals surface area (Å²) in [4.78, 5) is 53.3. The zero-order chi connectivity index (χ0) is 29.9. The molecule has 0 radical (unpaired) electrons. The molecule has 0 fully saturated rings. The molecule has 2 amide bonds. The second-order valence-electron chi connectivity index (χ2n) is 8.78. The molecule has 0 atom stereocenters. The summed E-state index contributed by atoms with van der Waals surface area (Å²) in [5.74, 6) is -5.13. The Hall–Kier alpha value is -3.28. The van der Waals surface area contributed by atoms with Crippen LogP contribution in [-0.4, -0.2) is 55.9 Å². The number of anilines is 1. The molecular weight excluding hydrogens is 580 g/mol. The van der Waals surface area contributed by atoms with Crippen molar-refractivity contribution in [1.29, 1.82) is 0 Å². The molecule has 0 bridgehead atoms. The summed E-state index contributed by atoms with van der Waals surface area (Å²) < 4.78 is 44.9. The third-order valence-corrected chi connectivity index (χ3v) is 7.46. The third kappa shape index (κ3) is 8.61. The number of benzene rings is 2. The fourth-order valence-electron chi connectivity index (χ4n) is 4.13. The minimum Gasteiger partial charge on any atom is -0.465 e. The predicted molar refractivity (Wildman–Crippen MR) is 150 cm³/mol. The molecule has 0 aromatic heterocycles. The summed E-state index contributed by atoms with van der Waals surface area (Å²) in [6.45, 7) is 4.19. The number of amides is 2. The molecule has 12 heteroatoms. The molecule has 2 aromatic carbocycles. The van der Waals surface area contributed by atoms with Crippen LogP contribution in [0, 0.1) is 11.6 Å². The van der Waals surface area contributed by atoms with Crippen LogP contribution in [0.1, 0.15) is 49.9 Å². The Morgan fingerprint density at radius 2 is 1.66 bits per heavy atom. The van der Waals surface area contributed by atoms with E-state index in [0.29, 0.717) is 24.3 Å². The highest BCUT2D eigenvalue weighted by atomic mass is 35.5. The van der Waals surface area contributed by atoms with E-state index in [1.165, 1.54) is 18.2 Å². The van der Waals surface area contributed by atoms with Gasteiger partial charge in [-0.3, -0.25) is 14.4 Å². The number of hydrogen-bond acceptors (Lipinski definition) is 8. The van der Waals surface area contributed by atoms with E-state index < -0.39 is 41.1 Å². The van der Waals surface area contributed by atoms with Gasteiger partial charge in [-0.1, -0.05) is 17.7 Å². The van der Waals surface area contributed by atoms with Crippen molar-refractivity contribution in [2.45, 2.75) is 44.4 Å². The van der Waals surface area contributed by atoms with E-state index >= 15 is 4.39 Å². The van der Waals surface area contributed by atoms with Gasteiger partial charge in [-0.25, -0.2) is 18.5 Å². The Balaban J connectivity index is 2.08. The summed E-state index contributed by atoms with van der Waals surface area (Å²) in [6, 6.07) is 6.70. The number of imide groups is 1. The van der Waals surface area contributed by atoms with Crippen LogP contribution in [0.4, 0.5) is 14.5 Å². The van der Waals surface area contributed by atoms with Crippen LogP contribution in [-0.2, 0) is 28.6 Å². The number of nitrogens with zero attached hydrogens (tertiary/aromatic N) is 1. The van der Waals surface area contributed by atoms with Crippen molar-refractivity contribution in [3.05, 3.63) is 69.8 Å². The highest BCUT2D eigenvalue weighted by molar-refractivity contribution is 8.00.